The van der Waals surface area contributed by atoms with Gasteiger partial charge in [0.25, 0.3) is 0 Å². The Bertz CT molecular complexity index is 718. The molecule has 1 fully saturated rings. The molecule has 2 N–H and O–H groups in total. The van der Waals surface area contributed by atoms with E-state index in [9.17, 15) is 15.0 Å². The lowest BCUT2D eigenvalue weighted by Crippen LogP contribution is -2.29. The number of rotatable bonds is 5. The van der Waals surface area contributed by atoms with E-state index in [1.165, 1.54) is 6.07 Å². The van der Waals surface area contributed by atoms with Gasteiger partial charge in [0.15, 0.2) is 0 Å². The molecule has 0 atom stereocenters. The normalized spacial score (nSPS) is 15.0. The molecule has 3 rings (SSSR count). The van der Waals surface area contributed by atoms with Crippen LogP contribution in [0.5, 0.6) is 5.75 Å². The summed E-state index contributed by atoms with van der Waals surface area (Å²) in [5.74, 6) is 0.122. The number of hydrogen-bond acceptors (Lipinski definition) is 5. The number of aromatic hydroxyl groups is 1. The molecule has 0 saturated heterocycles. The van der Waals surface area contributed by atoms with Crippen LogP contribution in [0.2, 0.25) is 0 Å². The maximum atomic E-state index is 11.8. The summed E-state index contributed by atoms with van der Waals surface area (Å²) in [6.07, 6.45) is 2.28. The number of hydrogen-bond donors (Lipinski definition) is 2. The highest BCUT2D eigenvalue weighted by molar-refractivity contribution is 5.84. The van der Waals surface area contributed by atoms with E-state index in [4.69, 9.17) is 4.42 Å². The maximum Gasteiger partial charge on any atom is 0.336 e. The van der Waals surface area contributed by atoms with Gasteiger partial charge < -0.3 is 14.6 Å². The van der Waals surface area contributed by atoms with Crippen molar-refractivity contribution >= 4 is 11.0 Å². The predicted octanol–water partition coefficient (Wildman–Crippen LogP) is 1.76. The van der Waals surface area contributed by atoms with Crippen LogP contribution in [-0.2, 0) is 6.54 Å². The molecule has 0 aliphatic heterocycles. The molecule has 0 radical (unpaired) electrons. The Morgan fingerprint density at radius 1 is 1.38 bits per heavy atom. The van der Waals surface area contributed by atoms with E-state index < -0.39 is 5.63 Å². The summed E-state index contributed by atoms with van der Waals surface area (Å²) in [5, 5.41) is 19.8. The fraction of sp³-hybridized carbons (Fsp3) is 0.438. The van der Waals surface area contributed by atoms with Gasteiger partial charge in [-0.15, -0.1) is 0 Å². The van der Waals surface area contributed by atoms with Gasteiger partial charge in [0.05, 0.1) is 6.61 Å². The van der Waals surface area contributed by atoms with Gasteiger partial charge in [-0.1, -0.05) is 0 Å². The number of phenols is 1. The molecular formula is C16H19NO4. The second kappa shape index (κ2) is 5.50. The van der Waals surface area contributed by atoms with Crippen LogP contribution in [0, 0.1) is 6.92 Å². The van der Waals surface area contributed by atoms with Crippen molar-refractivity contribution in [3.63, 3.8) is 0 Å². The first-order valence-electron chi connectivity index (χ1n) is 7.20. The van der Waals surface area contributed by atoms with Crippen LogP contribution in [0.15, 0.2) is 27.4 Å². The largest absolute Gasteiger partial charge is 0.508 e. The molecule has 1 saturated carbocycles. The number of fused-ring (bicyclic) bond motifs is 1. The van der Waals surface area contributed by atoms with E-state index >= 15 is 0 Å². The van der Waals surface area contributed by atoms with Crippen LogP contribution in [0.1, 0.15) is 24.0 Å². The molecule has 1 aromatic carbocycles. The Hall–Kier alpha value is -1.85. The Morgan fingerprint density at radius 2 is 2.14 bits per heavy atom. The SMILES string of the molecule is Cc1c(O)ccc2c(CN(CCO)C3CC3)cc(=O)oc12. The van der Waals surface area contributed by atoms with Gasteiger partial charge in [-0.05, 0) is 37.5 Å². The number of benzene rings is 1. The van der Waals surface area contributed by atoms with Gasteiger partial charge in [0, 0.05) is 36.1 Å². The van der Waals surface area contributed by atoms with E-state index in [-0.39, 0.29) is 12.4 Å². The van der Waals surface area contributed by atoms with Crippen molar-refractivity contribution in [1.29, 1.82) is 0 Å². The zero-order valence-corrected chi connectivity index (χ0v) is 12.0. The number of aliphatic hydroxyl groups is 1. The van der Waals surface area contributed by atoms with Crippen molar-refractivity contribution in [2.75, 3.05) is 13.2 Å². The van der Waals surface area contributed by atoms with Gasteiger partial charge >= 0.3 is 5.63 Å². The van der Waals surface area contributed by atoms with Crippen molar-refractivity contribution in [3.8, 4) is 5.75 Å². The lowest BCUT2D eigenvalue weighted by atomic mass is 10.1. The monoisotopic (exact) mass is 289 g/mol. The summed E-state index contributed by atoms with van der Waals surface area (Å²) >= 11 is 0. The van der Waals surface area contributed by atoms with E-state index in [0.29, 0.717) is 30.3 Å². The third-order valence-electron chi connectivity index (χ3n) is 4.04. The molecule has 112 valence electrons. The highest BCUT2D eigenvalue weighted by Gasteiger charge is 2.29. The summed E-state index contributed by atoms with van der Waals surface area (Å²) in [5.41, 5.74) is 1.49. The molecule has 21 heavy (non-hydrogen) atoms. The molecule has 0 bridgehead atoms. The molecular weight excluding hydrogens is 270 g/mol. The van der Waals surface area contributed by atoms with Crippen molar-refractivity contribution in [1.82, 2.24) is 4.90 Å². The fourth-order valence-corrected chi connectivity index (χ4v) is 2.72. The highest BCUT2D eigenvalue weighted by atomic mass is 16.4. The highest BCUT2D eigenvalue weighted by Crippen LogP contribution is 2.31. The quantitative estimate of drug-likeness (QED) is 0.821. The molecule has 0 spiro atoms. The minimum absolute atomic E-state index is 0.107. The Morgan fingerprint density at radius 3 is 2.81 bits per heavy atom. The molecule has 1 heterocycles. The van der Waals surface area contributed by atoms with Crippen LogP contribution in [0.4, 0.5) is 0 Å². The molecule has 1 aliphatic carbocycles. The lowest BCUT2D eigenvalue weighted by molar-refractivity contribution is 0.183. The number of aliphatic hydroxyl groups excluding tert-OH is 1. The van der Waals surface area contributed by atoms with E-state index in [0.717, 1.165) is 23.8 Å². The van der Waals surface area contributed by atoms with Crippen molar-refractivity contribution in [3.05, 3.63) is 39.7 Å². The molecule has 0 amide bonds. The zero-order chi connectivity index (χ0) is 15.0. The van der Waals surface area contributed by atoms with Crippen LogP contribution in [0.25, 0.3) is 11.0 Å². The van der Waals surface area contributed by atoms with E-state index in [2.05, 4.69) is 4.90 Å². The summed E-state index contributed by atoms with van der Waals surface area (Å²) in [4.78, 5) is 14.0. The van der Waals surface area contributed by atoms with E-state index in [1.807, 2.05) is 0 Å². The summed E-state index contributed by atoms with van der Waals surface area (Å²) < 4.78 is 5.25. The Kier molecular flexibility index (Phi) is 3.69. The predicted molar refractivity (Wildman–Crippen MR) is 79.4 cm³/mol. The first-order chi connectivity index (χ1) is 10.1. The number of phenolic OH excluding ortho intramolecular Hbond substituents is 1. The average molecular weight is 289 g/mol. The molecule has 5 heteroatoms. The first-order valence-corrected chi connectivity index (χ1v) is 7.20. The first kappa shape index (κ1) is 14.1. The summed E-state index contributed by atoms with van der Waals surface area (Å²) in [7, 11) is 0. The minimum Gasteiger partial charge on any atom is -0.508 e. The molecule has 1 aliphatic rings. The third kappa shape index (κ3) is 2.80. The standard InChI is InChI=1S/C16H19NO4/c1-10-14(19)5-4-13-11(8-15(20)21-16(10)13)9-17(6-7-18)12-2-3-12/h4-5,8,12,18-19H,2-3,6-7,9H2,1H3. The Labute approximate surface area is 122 Å². The summed E-state index contributed by atoms with van der Waals surface area (Å²) in [6, 6.07) is 5.40. The molecule has 5 nitrogen and oxygen atoms in total. The van der Waals surface area contributed by atoms with Crippen LogP contribution >= 0.6 is 0 Å². The lowest BCUT2D eigenvalue weighted by Gasteiger charge is -2.21. The maximum absolute atomic E-state index is 11.8. The van der Waals surface area contributed by atoms with Gasteiger partial charge in [-0.2, -0.15) is 0 Å². The van der Waals surface area contributed by atoms with E-state index in [1.54, 1.807) is 19.1 Å². The van der Waals surface area contributed by atoms with Gasteiger partial charge in [0.2, 0.25) is 0 Å². The summed E-state index contributed by atoms with van der Waals surface area (Å²) in [6.45, 7) is 3.05. The van der Waals surface area contributed by atoms with Gasteiger partial charge in [-0.3, -0.25) is 4.90 Å². The van der Waals surface area contributed by atoms with Crippen LogP contribution in [0.3, 0.4) is 0 Å². The minimum atomic E-state index is -0.411. The second-order valence-corrected chi connectivity index (χ2v) is 5.60. The number of nitrogens with zero attached hydrogens (tertiary/aromatic N) is 1. The van der Waals surface area contributed by atoms with Gasteiger partial charge in [0.1, 0.15) is 11.3 Å². The molecule has 0 unspecified atom stereocenters. The second-order valence-electron chi connectivity index (χ2n) is 5.60. The van der Waals surface area contributed by atoms with Crippen molar-refractivity contribution in [2.45, 2.75) is 32.4 Å². The Balaban J connectivity index is 2.05. The molecule has 1 aromatic heterocycles. The average Bonchev–Trinajstić information content (AvgIpc) is 3.27. The van der Waals surface area contributed by atoms with Crippen molar-refractivity contribution in [2.24, 2.45) is 0 Å². The van der Waals surface area contributed by atoms with Gasteiger partial charge in [-0.25, -0.2) is 4.79 Å². The number of aryl methyl sites for hydroxylation is 1. The topological polar surface area (TPSA) is 73.9 Å². The van der Waals surface area contributed by atoms with Crippen LogP contribution < -0.4 is 5.63 Å². The van der Waals surface area contributed by atoms with Crippen LogP contribution in [-0.4, -0.2) is 34.3 Å². The fourth-order valence-electron chi connectivity index (χ4n) is 2.72. The van der Waals surface area contributed by atoms with Crippen molar-refractivity contribution < 1.29 is 14.6 Å². The smallest absolute Gasteiger partial charge is 0.336 e. The zero-order valence-electron chi connectivity index (χ0n) is 12.0. The third-order valence-corrected chi connectivity index (χ3v) is 4.04. The molecule has 2 aromatic rings.